The number of aliphatic imine (C=N–C) groups is 1. The summed E-state index contributed by atoms with van der Waals surface area (Å²) in [5, 5.41) is 7.52. The van der Waals surface area contributed by atoms with E-state index in [2.05, 4.69) is 37.4 Å². The molecular weight excluding hydrogens is 475 g/mol. The van der Waals surface area contributed by atoms with Gasteiger partial charge in [-0.2, -0.15) is 0 Å². The van der Waals surface area contributed by atoms with Gasteiger partial charge >= 0.3 is 0 Å². The second-order valence-corrected chi connectivity index (χ2v) is 6.76. The first-order valence-corrected chi connectivity index (χ1v) is 9.36. The summed E-state index contributed by atoms with van der Waals surface area (Å²) in [6, 6.07) is 10.0. The number of hydrogen-bond acceptors (Lipinski definition) is 4. The van der Waals surface area contributed by atoms with Crippen molar-refractivity contribution in [2.75, 3.05) is 24.5 Å². The first-order valence-electron chi connectivity index (χ1n) is 8.98. The van der Waals surface area contributed by atoms with Crippen molar-refractivity contribution in [3.05, 3.63) is 52.9 Å². The molecule has 0 saturated carbocycles. The highest BCUT2D eigenvalue weighted by atomic mass is 127. The molecule has 3 heterocycles. The van der Waals surface area contributed by atoms with Gasteiger partial charge in [0, 0.05) is 37.6 Å². The molecule has 6 nitrogen and oxygen atoms in total. The van der Waals surface area contributed by atoms with Gasteiger partial charge in [-0.05, 0) is 44.5 Å². The Bertz CT molecular complexity index is 769. The van der Waals surface area contributed by atoms with Gasteiger partial charge < -0.3 is 15.5 Å². The van der Waals surface area contributed by atoms with Gasteiger partial charge in [-0.15, -0.1) is 24.0 Å². The normalized spacial score (nSPS) is 16.8. The fourth-order valence-electron chi connectivity index (χ4n) is 3.04. The molecule has 1 saturated heterocycles. The van der Waals surface area contributed by atoms with Gasteiger partial charge in [0.15, 0.2) is 5.96 Å². The topological polar surface area (TPSA) is 65.4 Å². The smallest absolute Gasteiger partial charge is 0.191 e. The summed E-state index contributed by atoms with van der Waals surface area (Å²) < 4.78 is 0. The van der Waals surface area contributed by atoms with Gasteiger partial charge in [0.2, 0.25) is 0 Å². The van der Waals surface area contributed by atoms with Crippen molar-refractivity contribution >= 4 is 47.4 Å². The molecule has 1 unspecified atom stereocenters. The van der Waals surface area contributed by atoms with E-state index in [1.54, 1.807) is 6.20 Å². The van der Waals surface area contributed by atoms with Crippen LogP contribution in [-0.4, -0.2) is 41.6 Å². The highest BCUT2D eigenvalue weighted by Crippen LogP contribution is 2.25. The van der Waals surface area contributed by atoms with Crippen LogP contribution in [0, 0.1) is 6.92 Å². The monoisotopic (exact) mass is 500 g/mol. The largest absolute Gasteiger partial charge is 0.357 e. The first kappa shape index (κ1) is 21.7. The molecule has 1 fully saturated rings. The van der Waals surface area contributed by atoms with Crippen molar-refractivity contribution in [1.29, 1.82) is 0 Å². The third-order valence-corrected chi connectivity index (χ3v) is 4.55. The number of nitrogens with one attached hydrogen (secondary N) is 2. The summed E-state index contributed by atoms with van der Waals surface area (Å²) in [6.07, 6.45) is 2.79. The number of rotatable bonds is 5. The molecule has 0 bridgehead atoms. The minimum Gasteiger partial charge on any atom is -0.357 e. The second kappa shape index (κ2) is 10.7. The molecule has 0 aliphatic carbocycles. The molecule has 1 aliphatic rings. The van der Waals surface area contributed by atoms with E-state index in [4.69, 9.17) is 11.6 Å². The fraction of sp³-hybridized carbons (Fsp3) is 0.421. The summed E-state index contributed by atoms with van der Waals surface area (Å²) in [6.45, 7) is 7.20. The van der Waals surface area contributed by atoms with Crippen LogP contribution in [0.1, 0.15) is 24.7 Å². The molecule has 1 atom stereocenters. The van der Waals surface area contributed by atoms with Crippen LogP contribution >= 0.6 is 35.6 Å². The van der Waals surface area contributed by atoms with Crippen LogP contribution in [-0.2, 0) is 6.54 Å². The zero-order valence-electron chi connectivity index (χ0n) is 15.7. The Hall–Kier alpha value is -1.61. The lowest BCUT2D eigenvalue weighted by molar-refractivity contribution is 0.648. The molecule has 0 amide bonds. The zero-order valence-corrected chi connectivity index (χ0v) is 18.7. The van der Waals surface area contributed by atoms with Gasteiger partial charge in [-0.1, -0.05) is 17.7 Å². The number of guanidine groups is 1. The summed E-state index contributed by atoms with van der Waals surface area (Å²) >= 11 is 6.27. The van der Waals surface area contributed by atoms with Crippen molar-refractivity contribution < 1.29 is 0 Å². The van der Waals surface area contributed by atoms with Crippen LogP contribution in [0.3, 0.4) is 0 Å². The van der Waals surface area contributed by atoms with Crippen LogP contribution in [0.4, 0.5) is 5.82 Å². The number of halogens is 2. The number of anilines is 1. The molecule has 1 aliphatic heterocycles. The van der Waals surface area contributed by atoms with Crippen LogP contribution in [0.2, 0.25) is 5.02 Å². The van der Waals surface area contributed by atoms with E-state index in [-0.39, 0.29) is 24.0 Å². The molecule has 3 rings (SSSR count). The number of hydrogen-bond donors (Lipinski definition) is 2. The van der Waals surface area contributed by atoms with E-state index in [1.165, 1.54) is 0 Å². The lowest BCUT2D eigenvalue weighted by Crippen LogP contribution is -2.44. The SMILES string of the molecule is CCNC(=NCc1cccc(C)n1)NC1CCN(c2ncccc2Cl)C1.I. The summed E-state index contributed by atoms with van der Waals surface area (Å²) in [5.74, 6) is 1.67. The molecule has 0 aromatic carbocycles. The van der Waals surface area contributed by atoms with Gasteiger partial charge in [0.1, 0.15) is 5.82 Å². The Morgan fingerprint density at radius 1 is 1.33 bits per heavy atom. The standard InChI is InChI=1S/C19H25ClN6.HI/c1-3-21-19(23-12-15-7-4-6-14(2)24-15)25-16-9-11-26(13-16)18-17(20)8-5-10-22-18;/h4-8,10,16H,3,9,11-13H2,1-2H3,(H2,21,23,25);1H. The lowest BCUT2D eigenvalue weighted by atomic mass is 10.3. The predicted molar refractivity (Wildman–Crippen MR) is 122 cm³/mol. The average Bonchev–Trinajstić information content (AvgIpc) is 3.09. The van der Waals surface area contributed by atoms with E-state index in [0.717, 1.165) is 49.2 Å². The zero-order chi connectivity index (χ0) is 18.4. The van der Waals surface area contributed by atoms with Crippen molar-refractivity contribution in [2.45, 2.75) is 32.9 Å². The molecule has 146 valence electrons. The minimum atomic E-state index is 0. The molecule has 8 heteroatoms. The summed E-state index contributed by atoms with van der Waals surface area (Å²) in [4.78, 5) is 15.8. The van der Waals surface area contributed by atoms with E-state index in [0.29, 0.717) is 17.6 Å². The quantitative estimate of drug-likeness (QED) is 0.374. The summed E-state index contributed by atoms with van der Waals surface area (Å²) in [5.41, 5.74) is 1.98. The Morgan fingerprint density at radius 2 is 2.19 bits per heavy atom. The second-order valence-electron chi connectivity index (χ2n) is 6.35. The molecule has 0 radical (unpaired) electrons. The van der Waals surface area contributed by atoms with Gasteiger partial charge in [0.25, 0.3) is 0 Å². The van der Waals surface area contributed by atoms with Crippen molar-refractivity contribution in [2.24, 2.45) is 4.99 Å². The van der Waals surface area contributed by atoms with E-state index in [1.807, 2.05) is 37.3 Å². The van der Waals surface area contributed by atoms with Crippen LogP contribution in [0.5, 0.6) is 0 Å². The average molecular weight is 501 g/mol. The van der Waals surface area contributed by atoms with E-state index < -0.39 is 0 Å². The molecule has 0 spiro atoms. The third kappa shape index (κ3) is 6.21. The van der Waals surface area contributed by atoms with Gasteiger partial charge in [-0.25, -0.2) is 9.98 Å². The number of aryl methyl sites for hydroxylation is 1. The number of nitrogens with zero attached hydrogens (tertiary/aromatic N) is 4. The fourth-order valence-corrected chi connectivity index (χ4v) is 3.28. The van der Waals surface area contributed by atoms with E-state index in [9.17, 15) is 0 Å². The molecule has 27 heavy (non-hydrogen) atoms. The van der Waals surface area contributed by atoms with Crippen molar-refractivity contribution in [3.63, 3.8) is 0 Å². The maximum Gasteiger partial charge on any atom is 0.191 e. The Labute approximate surface area is 182 Å². The van der Waals surface area contributed by atoms with Crippen LogP contribution in [0.25, 0.3) is 0 Å². The highest BCUT2D eigenvalue weighted by Gasteiger charge is 2.25. The lowest BCUT2D eigenvalue weighted by Gasteiger charge is -2.20. The van der Waals surface area contributed by atoms with E-state index >= 15 is 0 Å². The third-order valence-electron chi connectivity index (χ3n) is 4.26. The van der Waals surface area contributed by atoms with Gasteiger partial charge in [0.05, 0.1) is 17.3 Å². The Kier molecular flexibility index (Phi) is 8.56. The molecule has 2 aromatic heterocycles. The molecular formula is C19H26ClIN6. The Morgan fingerprint density at radius 3 is 2.93 bits per heavy atom. The van der Waals surface area contributed by atoms with Crippen molar-refractivity contribution in [1.82, 2.24) is 20.6 Å². The minimum absolute atomic E-state index is 0. The van der Waals surface area contributed by atoms with Gasteiger partial charge in [-0.3, -0.25) is 4.98 Å². The van der Waals surface area contributed by atoms with Crippen molar-refractivity contribution in [3.8, 4) is 0 Å². The molecule has 2 aromatic rings. The first-order chi connectivity index (χ1) is 12.7. The predicted octanol–water partition coefficient (Wildman–Crippen LogP) is 3.39. The Balaban J connectivity index is 0.00000261. The maximum atomic E-state index is 6.27. The van der Waals surface area contributed by atoms with Crippen LogP contribution < -0.4 is 15.5 Å². The maximum absolute atomic E-state index is 6.27. The molecule has 2 N–H and O–H groups in total. The number of pyridine rings is 2. The summed E-state index contributed by atoms with van der Waals surface area (Å²) in [7, 11) is 0. The number of aromatic nitrogens is 2. The highest BCUT2D eigenvalue weighted by molar-refractivity contribution is 14.0. The van der Waals surface area contributed by atoms with Crippen LogP contribution in [0.15, 0.2) is 41.5 Å².